The van der Waals surface area contributed by atoms with Gasteiger partial charge in [-0.15, -0.1) is 11.3 Å². The van der Waals surface area contributed by atoms with E-state index in [1.54, 1.807) is 30.6 Å². The zero-order chi connectivity index (χ0) is 21.5. The summed E-state index contributed by atoms with van der Waals surface area (Å²) in [5, 5.41) is 2.04. The summed E-state index contributed by atoms with van der Waals surface area (Å²) in [5.74, 6) is 0.651. The van der Waals surface area contributed by atoms with Gasteiger partial charge in [-0.25, -0.2) is 4.39 Å². The number of nitrogens with zero attached hydrogens (tertiary/aromatic N) is 3. The molecule has 0 aliphatic rings. The zero-order valence-corrected chi connectivity index (χ0v) is 18.0. The molecular formula is C22H26FN5OS. The van der Waals surface area contributed by atoms with Crippen LogP contribution < -0.4 is 21.0 Å². The first-order valence-electron chi connectivity index (χ1n) is 9.61. The van der Waals surface area contributed by atoms with E-state index in [1.807, 2.05) is 24.4 Å². The van der Waals surface area contributed by atoms with Crippen molar-refractivity contribution in [3.05, 3.63) is 69.6 Å². The molecule has 0 atom stereocenters. The highest BCUT2D eigenvalue weighted by molar-refractivity contribution is 7.07. The van der Waals surface area contributed by atoms with Crippen molar-refractivity contribution in [2.75, 3.05) is 13.7 Å². The molecule has 8 heteroatoms. The monoisotopic (exact) mass is 427 g/mol. The molecule has 158 valence electrons. The molecule has 30 heavy (non-hydrogen) atoms. The summed E-state index contributed by atoms with van der Waals surface area (Å²) in [6.07, 6.45) is 0.754. The third-order valence-corrected chi connectivity index (χ3v) is 5.50. The number of aryl methyl sites for hydroxylation is 1. The Morgan fingerprint density at radius 1 is 1.17 bits per heavy atom. The Labute approximate surface area is 179 Å². The van der Waals surface area contributed by atoms with Gasteiger partial charge in [0.15, 0.2) is 10.8 Å². The first-order chi connectivity index (χ1) is 14.5. The van der Waals surface area contributed by atoms with Crippen LogP contribution >= 0.6 is 11.3 Å². The molecule has 0 bridgehead atoms. The van der Waals surface area contributed by atoms with Gasteiger partial charge in [-0.2, -0.15) is 0 Å². The summed E-state index contributed by atoms with van der Waals surface area (Å²) in [6.45, 7) is 3.75. The zero-order valence-electron chi connectivity index (χ0n) is 17.1. The number of thiazole rings is 1. The molecule has 0 spiro atoms. The molecule has 0 fully saturated rings. The second-order valence-corrected chi connectivity index (χ2v) is 7.69. The molecule has 1 aromatic heterocycles. The second kappa shape index (κ2) is 10.1. The van der Waals surface area contributed by atoms with E-state index in [4.69, 9.17) is 21.2 Å². The van der Waals surface area contributed by atoms with Crippen molar-refractivity contribution in [1.29, 1.82) is 0 Å². The van der Waals surface area contributed by atoms with E-state index in [2.05, 4.69) is 15.6 Å². The number of hydrogen-bond acceptors (Lipinski definition) is 4. The minimum Gasteiger partial charge on any atom is -0.496 e. The molecule has 0 saturated carbocycles. The Bertz CT molecular complexity index is 1080. The van der Waals surface area contributed by atoms with E-state index in [9.17, 15) is 4.39 Å². The number of ether oxygens (including phenoxy) is 1. The average Bonchev–Trinajstić information content (AvgIpc) is 3.13. The van der Waals surface area contributed by atoms with Crippen molar-refractivity contribution in [2.45, 2.75) is 26.4 Å². The number of guanidine groups is 1. The van der Waals surface area contributed by atoms with Crippen LogP contribution in [0.4, 0.5) is 4.39 Å². The lowest BCUT2D eigenvalue weighted by Gasteiger charge is -2.10. The van der Waals surface area contributed by atoms with Gasteiger partial charge < -0.3 is 20.8 Å². The third-order valence-electron chi connectivity index (χ3n) is 4.60. The summed E-state index contributed by atoms with van der Waals surface area (Å²) < 4.78 is 21.0. The second-order valence-electron chi connectivity index (χ2n) is 6.85. The number of nitrogens with two attached hydrogens (primary N) is 2. The van der Waals surface area contributed by atoms with Crippen LogP contribution in [0, 0.1) is 12.7 Å². The molecule has 0 aliphatic heterocycles. The standard InChI is InChI=1S/C22H26FN5OS/c1-15-4-5-17(20(12-15)29-2)13-27-22-28(11-3-10-26-21(24)25)19(14-30-22)16-6-8-18(23)9-7-16/h4-9,12,14H,3,10-11,13H2,1-2H3,(H4,24,25,26). The Morgan fingerprint density at radius 2 is 1.93 bits per heavy atom. The van der Waals surface area contributed by atoms with E-state index in [-0.39, 0.29) is 11.8 Å². The van der Waals surface area contributed by atoms with Crippen LogP contribution in [0.2, 0.25) is 0 Å². The Kier molecular flexibility index (Phi) is 7.24. The summed E-state index contributed by atoms with van der Waals surface area (Å²) in [6, 6.07) is 12.6. The van der Waals surface area contributed by atoms with Gasteiger partial charge in [0.1, 0.15) is 11.6 Å². The third kappa shape index (κ3) is 5.48. The quantitative estimate of drug-likeness (QED) is 0.328. The van der Waals surface area contributed by atoms with Crippen molar-refractivity contribution >= 4 is 17.3 Å². The van der Waals surface area contributed by atoms with Crippen molar-refractivity contribution < 1.29 is 9.13 Å². The first-order valence-corrected chi connectivity index (χ1v) is 10.5. The number of rotatable bonds is 8. The van der Waals surface area contributed by atoms with Crippen LogP contribution in [0.25, 0.3) is 11.3 Å². The predicted molar refractivity (Wildman–Crippen MR) is 120 cm³/mol. The molecule has 6 nitrogen and oxygen atoms in total. The Balaban J connectivity index is 1.93. The van der Waals surface area contributed by atoms with Crippen LogP contribution in [-0.4, -0.2) is 24.2 Å². The number of benzene rings is 2. The van der Waals surface area contributed by atoms with Crippen LogP contribution in [0.15, 0.2) is 57.8 Å². The van der Waals surface area contributed by atoms with E-state index < -0.39 is 0 Å². The fourth-order valence-corrected chi connectivity index (χ4v) is 4.03. The van der Waals surface area contributed by atoms with Crippen LogP contribution in [0.3, 0.4) is 0 Å². The summed E-state index contributed by atoms with van der Waals surface area (Å²) in [7, 11) is 1.67. The summed E-state index contributed by atoms with van der Waals surface area (Å²) in [5.41, 5.74) is 14.9. The number of halogens is 1. The SMILES string of the molecule is COc1cc(C)ccc1CN=c1scc(-c2ccc(F)cc2)n1CCCN=C(N)N. The minimum absolute atomic E-state index is 0.0838. The molecule has 0 amide bonds. The fourth-order valence-electron chi connectivity index (χ4n) is 3.09. The van der Waals surface area contributed by atoms with E-state index >= 15 is 0 Å². The topological polar surface area (TPSA) is 90.9 Å². The molecule has 0 unspecified atom stereocenters. The average molecular weight is 428 g/mol. The predicted octanol–water partition coefficient (Wildman–Crippen LogP) is 3.44. The highest BCUT2D eigenvalue weighted by Crippen LogP contribution is 2.22. The van der Waals surface area contributed by atoms with Crippen molar-refractivity contribution in [2.24, 2.45) is 21.5 Å². The smallest absolute Gasteiger partial charge is 0.185 e. The van der Waals surface area contributed by atoms with Gasteiger partial charge in [0, 0.05) is 24.0 Å². The summed E-state index contributed by atoms with van der Waals surface area (Å²) >= 11 is 1.55. The van der Waals surface area contributed by atoms with Crippen LogP contribution in [-0.2, 0) is 13.1 Å². The lowest BCUT2D eigenvalue weighted by atomic mass is 10.1. The highest BCUT2D eigenvalue weighted by Gasteiger charge is 2.09. The maximum Gasteiger partial charge on any atom is 0.185 e. The first kappa shape index (κ1) is 21.6. The minimum atomic E-state index is -0.260. The largest absolute Gasteiger partial charge is 0.496 e. The normalized spacial score (nSPS) is 11.5. The van der Waals surface area contributed by atoms with Gasteiger partial charge in [0.25, 0.3) is 0 Å². The number of methoxy groups -OCH3 is 1. The maximum atomic E-state index is 13.4. The molecule has 4 N–H and O–H groups in total. The molecule has 0 saturated heterocycles. The molecular weight excluding hydrogens is 401 g/mol. The van der Waals surface area contributed by atoms with Crippen molar-refractivity contribution in [3.63, 3.8) is 0 Å². The van der Waals surface area contributed by atoms with E-state index in [1.165, 1.54) is 12.1 Å². The van der Waals surface area contributed by atoms with Gasteiger partial charge in [-0.05, 0) is 54.8 Å². The maximum absolute atomic E-state index is 13.4. The van der Waals surface area contributed by atoms with Gasteiger partial charge in [0.05, 0.1) is 19.3 Å². The lowest BCUT2D eigenvalue weighted by Crippen LogP contribution is -2.23. The molecule has 1 heterocycles. The molecule has 3 rings (SSSR count). The fraction of sp³-hybridized carbons (Fsp3) is 0.273. The Hall–Kier alpha value is -3.13. The number of hydrogen-bond donors (Lipinski definition) is 2. The Morgan fingerprint density at radius 3 is 2.63 bits per heavy atom. The summed E-state index contributed by atoms with van der Waals surface area (Å²) in [4.78, 5) is 9.77. The molecule has 3 aromatic rings. The number of aliphatic imine (C=N–C) groups is 1. The number of aromatic nitrogens is 1. The highest BCUT2D eigenvalue weighted by atomic mass is 32.1. The van der Waals surface area contributed by atoms with Crippen molar-refractivity contribution in [3.8, 4) is 17.0 Å². The van der Waals surface area contributed by atoms with Gasteiger partial charge >= 0.3 is 0 Å². The molecule has 2 aromatic carbocycles. The van der Waals surface area contributed by atoms with Crippen LogP contribution in [0.5, 0.6) is 5.75 Å². The molecule has 0 radical (unpaired) electrons. The van der Waals surface area contributed by atoms with E-state index in [0.29, 0.717) is 19.6 Å². The van der Waals surface area contributed by atoms with Crippen molar-refractivity contribution in [1.82, 2.24) is 4.57 Å². The lowest BCUT2D eigenvalue weighted by molar-refractivity contribution is 0.409. The molecule has 0 aliphatic carbocycles. The van der Waals surface area contributed by atoms with E-state index in [0.717, 1.165) is 39.4 Å². The van der Waals surface area contributed by atoms with Gasteiger partial charge in [-0.1, -0.05) is 12.1 Å². The van der Waals surface area contributed by atoms with Crippen LogP contribution in [0.1, 0.15) is 17.5 Å². The van der Waals surface area contributed by atoms with Gasteiger partial charge in [0.2, 0.25) is 0 Å². The van der Waals surface area contributed by atoms with Gasteiger partial charge in [-0.3, -0.25) is 9.98 Å².